The van der Waals surface area contributed by atoms with Crippen molar-refractivity contribution in [1.82, 2.24) is 4.98 Å². The Morgan fingerprint density at radius 3 is 2.07 bits per heavy atom. The van der Waals surface area contributed by atoms with Crippen molar-refractivity contribution < 1.29 is 13.2 Å². The zero-order chi connectivity index (χ0) is 10.1. The number of hydrogen-bond donors (Lipinski definition) is 1. The first-order chi connectivity index (χ1) is 5.91. The molecule has 1 unspecified atom stereocenters. The minimum absolute atomic E-state index is 0. The van der Waals surface area contributed by atoms with Crippen LogP contribution in [0.5, 0.6) is 0 Å². The maximum absolute atomic E-state index is 12.0. The van der Waals surface area contributed by atoms with Crippen LogP contribution in [0.1, 0.15) is 24.2 Å². The molecular weight excluding hydrogens is 252 g/mol. The molecule has 1 rings (SSSR count). The highest BCUT2D eigenvalue weighted by Gasteiger charge is 2.32. The molecule has 0 aliphatic heterocycles. The lowest BCUT2D eigenvalue weighted by molar-refractivity contribution is -0.141. The highest BCUT2D eigenvalue weighted by Crippen LogP contribution is 2.27. The molecule has 1 heterocycles. The minimum Gasteiger partial charge on any atom is -0.324 e. The van der Waals surface area contributed by atoms with Gasteiger partial charge in [-0.25, -0.2) is 0 Å². The molecule has 2 nitrogen and oxygen atoms in total. The summed E-state index contributed by atoms with van der Waals surface area (Å²) in [7, 11) is 0. The third-order valence-electron chi connectivity index (χ3n) is 1.60. The van der Waals surface area contributed by atoms with Gasteiger partial charge in [0.15, 0.2) is 0 Å². The van der Waals surface area contributed by atoms with Crippen LogP contribution in [0.25, 0.3) is 0 Å². The van der Waals surface area contributed by atoms with E-state index in [2.05, 4.69) is 4.98 Å². The molecule has 88 valence electrons. The van der Waals surface area contributed by atoms with Crippen LogP contribution in [0.3, 0.4) is 0 Å². The molecule has 1 atom stereocenters. The van der Waals surface area contributed by atoms with E-state index in [9.17, 15) is 13.2 Å². The van der Waals surface area contributed by atoms with Gasteiger partial charge in [0, 0.05) is 12.2 Å². The Hall–Kier alpha value is -0.520. The number of nitrogens with zero attached hydrogens (tertiary/aromatic N) is 1. The third kappa shape index (κ3) is 4.68. The standard InChI is InChI=1S/C8H9F3N2.2ClH/c1-5(12)6-2-3-7(13-4-6)8(9,10)11;;/h2-5H,12H2,1H3;2*1H. The molecule has 0 saturated heterocycles. The fourth-order valence-corrected chi connectivity index (χ4v) is 0.842. The van der Waals surface area contributed by atoms with Gasteiger partial charge in [-0.15, -0.1) is 24.8 Å². The number of rotatable bonds is 1. The molecule has 2 N–H and O–H groups in total. The van der Waals surface area contributed by atoms with E-state index in [1.807, 2.05) is 0 Å². The maximum atomic E-state index is 12.0. The molecule has 15 heavy (non-hydrogen) atoms. The fraction of sp³-hybridized carbons (Fsp3) is 0.375. The highest BCUT2D eigenvalue weighted by atomic mass is 35.5. The Kier molecular flexibility index (Phi) is 6.92. The van der Waals surface area contributed by atoms with Gasteiger partial charge in [0.1, 0.15) is 5.69 Å². The van der Waals surface area contributed by atoms with E-state index in [0.29, 0.717) is 5.56 Å². The summed E-state index contributed by atoms with van der Waals surface area (Å²) in [6.07, 6.45) is -3.23. The van der Waals surface area contributed by atoms with Crippen molar-refractivity contribution >= 4 is 24.8 Å². The first kappa shape index (κ1) is 16.9. The second-order valence-electron chi connectivity index (χ2n) is 2.76. The molecule has 0 aliphatic carbocycles. The molecule has 1 aromatic rings. The average molecular weight is 263 g/mol. The summed E-state index contributed by atoms with van der Waals surface area (Å²) in [5, 5.41) is 0. The van der Waals surface area contributed by atoms with E-state index < -0.39 is 11.9 Å². The first-order valence-electron chi connectivity index (χ1n) is 3.70. The van der Waals surface area contributed by atoms with Crippen LogP contribution in [0, 0.1) is 0 Å². The number of hydrogen-bond acceptors (Lipinski definition) is 2. The number of pyridine rings is 1. The van der Waals surface area contributed by atoms with Gasteiger partial charge in [-0.2, -0.15) is 13.2 Å². The topological polar surface area (TPSA) is 38.9 Å². The fourth-order valence-electron chi connectivity index (χ4n) is 0.842. The van der Waals surface area contributed by atoms with E-state index in [-0.39, 0.29) is 30.9 Å². The largest absolute Gasteiger partial charge is 0.433 e. The third-order valence-corrected chi connectivity index (χ3v) is 1.60. The molecule has 1 aromatic heterocycles. The van der Waals surface area contributed by atoms with Crippen molar-refractivity contribution in [3.05, 3.63) is 29.6 Å². The zero-order valence-electron chi connectivity index (χ0n) is 7.78. The van der Waals surface area contributed by atoms with Crippen LogP contribution in [-0.2, 0) is 6.18 Å². The van der Waals surface area contributed by atoms with Gasteiger partial charge in [0.05, 0.1) is 0 Å². The van der Waals surface area contributed by atoms with Crippen LogP contribution in [0.2, 0.25) is 0 Å². The summed E-state index contributed by atoms with van der Waals surface area (Å²) in [4.78, 5) is 3.27. The van der Waals surface area contributed by atoms with E-state index in [0.717, 1.165) is 12.3 Å². The predicted molar refractivity (Wildman–Crippen MR) is 56.3 cm³/mol. The normalized spacial score (nSPS) is 12.3. The number of halogens is 5. The molecule has 0 fully saturated rings. The molecule has 7 heteroatoms. The van der Waals surface area contributed by atoms with E-state index in [4.69, 9.17) is 5.73 Å². The lowest BCUT2D eigenvalue weighted by atomic mass is 10.1. The molecule has 0 spiro atoms. The predicted octanol–water partition coefficient (Wildman–Crippen LogP) is 2.96. The minimum atomic E-state index is -4.38. The molecule has 0 aliphatic rings. The molecule has 0 bridgehead atoms. The summed E-state index contributed by atoms with van der Waals surface area (Å²) in [5.41, 5.74) is 5.15. The van der Waals surface area contributed by atoms with Crippen LogP contribution in [-0.4, -0.2) is 4.98 Å². The Labute approximate surface area is 97.9 Å². The van der Waals surface area contributed by atoms with Crippen molar-refractivity contribution in [1.29, 1.82) is 0 Å². The number of nitrogens with two attached hydrogens (primary N) is 1. The Bertz CT molecular complexity index is 285. The summed E-state index contributed by atoms with van der Waals surface area (Å²) < 4.78 is 36.1. The van der Waals surface area contributed by atoms with Crippen molar-refractivity contribution in [2.45, 2.75) is 19.1 Å². The van der Waals surface area contributed by atoms with E-state index >= 15 is 0 Å². The average Bonchev–Trinajstić information content (AvgIpc) is 2.03. The van der Waals surface area contributed by atoms with Gasteiger partial charge in [-0.3, -0.25) is 4.98 Å². The molecule has 0 saturated carbocycles. The van der Waals surface area contributed by atoms with Crippen molar-refractivity contribution in [2.24, 2.45) is 5.73 Å². The highest BCUT2D eigenvalue weighted by molar-refractivity contribution is 5.85. The quantitative estimate of drug-likeness (QED) is 0.845. The second kappa shape index (κ2) is 6.15. The van der Waals surface area contributed by atoms with Crippen LogP contribution < -0.4 is 5.73 Å². The van der Waals surface area contributed by atoms with Gasteiger partial charge < -0.3 is 5.73 Å². The molecule has 0 aromatic carbocycles. The monoisotopic (exact) mass is 262 g/mol. The van der Waals surface area contributed by atoms with Crippen molar-refractivity contribution in [3.8, 4) is 0 Å². The van der Waals surface area contributed by atoms with Crippen molar-refractivity contribution in [3.63, 3.8) is 0 Å². The lowest BCUT2D eigenvalue weighted by Crippen LogP contribution is -2.10. The lowest BCUT2D eigenvalue weighted by Gasteiger charge is -2.08. The van der Waals surface area contributed by atoms with Gasteiger partial charge in [-0.05, 0) is 18.6 Å². The van der Waals surface area contributed by atoms with Crippen LogP contribution in [0.4, 0.5) is 13.2 Å². The van der Waals surface area contributed by atoms with Crippen molar-refractivity contribution in [2.75, 3.05) is 0 Å². The Morgan fingerprint density at radius 2 is 1.80 bits per heavy atom. The van der Waals surface area contributed by atoms with Gasteiger partial charge >= 0.3 is 6.18 Å². The Morgan fingerprint density at radius 1 is 1.27 bits per heavy atom. The first-order valence-corrected chi connectivity index (χ1v) is 3.70. The molecule has 0 radical (unpaired) electrons. The molecular formula is C8H11Cl2F3N2. The summed E-state index contributed by atoms with van der Waals surface area (Å²) in [6, 6.07) is 1.97. The Balaban J connectivity index is 0. The second-order valence-corrected chi connectivity index (χ2v) is 2.76. The van der Waals surface area contributed by atoms with Crippen LogP contribution >= 0.6 is 24.8 Å². The van der Waals surface area contributed by atoms with Gasteiger partial charge in [-0.1, -0.05) is 6.07 Å². The summed E-state index contributed by atoms with van der Waals surface area (Å²) >= 11 is 0. The summed E-state index contributed by atoms with van der Waals surface area (Å²) in [6.45, 7) is 1.68. The summed E-state index contributed by atoms with van der Waals surface area (Å²) in [5.74, 6) is 0. The van der Waals surface area contributed by atoms with Gasteiger partial charge in [0.2, 0.25) is 0 Å². The van der Waals surface area contributed by atoms with Gasteiger partial charge in [0.25, 0.3) is 0 Å². The molecule has 0 amide bonds. The zero-order valence-corrected chi connectivity index (χ0v) is 9.42. The van der Waals surface area contributed by atoms with E-state index in [1.165, 1.54) is 6.07 Å². The van der Waals surface area contributed by atoms with Crippen LogP contribution in [0.15, 0.2) is 18.3 Å². The number of alkyl halides is 3. The smallest absolute Gasteiger partial charge is 0.324 e. The van der Waals surface area contributed by atoms with E-state index in [1.54, 1.807) is 6.92 Å². The SMILES string of the molecule is CC(N)c1ccc(C(F)(F)F)nc1.Cl.Cl. The maximum Gasteiger partial charge on any atom is 0.433 e. The number of aromatic nitrogens is 1.